The molecule has 0 aliphatic carbocycles. The van der Waals surface area contributed by atoms with Gasteiger partial charge in [-0.25, -0.2) is 12.8 Å². The van der Waals surface area contributed by atoms with Crippen molar-refractivity contribution in [3.63, 3.8) is 0 Å². The van der Waals surface area contributed by atoms with E-state index in [9.17, 15) is 101 Å². The summed E-state index contributed by atoms with van der Waals surface area (Å²) in [6, 6.07) is 0. The van der Waals surface area contributed by atoms with Crippen LogP contribution in [0.25, 0.3) is 0 Å². The summed E-state index contributed by atoms with van der Waals surface area (Å²) in [6.07, 6.45) is -16.8. The third-order valence-electron chi connectivity index (χ3n) is 4.14. The van der Waals surface area contributed by atoms with Crippen LogP contribution in [0.2, 0.25) is 0 Å². The zero-order valence-corrected chi connectivity index (χ0v) is 16.5. The van der Waals surface area contributed by atoms with Gasteiger partial charge in [0, 0.05) is 6.42 Å². The van der Waals surface area contributed by atoms with E-state index in [-0.39, 0.29) is 0 Å². The van der Waals surface area contributed by atoms with Crippen LogP contribution in [0.5, 0.6) is 0 Å². The quantitative estimate of drug-likeness (QED) is 0.206. The van der Waals surface area contributed by atoms with Crippen LogP contribution < -0.4 is 0 Å². The maximum Gasteiger partial charge on any atom is 0.402 e. The Balaban J connectivity index is 6.84. The molecule has 0 rings (SSSR count). The van der Waals surface area contributed by atoms with Crippen molar-refractivity contribution in [1.29, 1.82) is 0 Å². The van der Waals surface area contributed by atoms with Gasteiger partial charge in [0.15, 0.2) is 16.3 Å². The van der Waals surface area contributed by atoms with Gasteiger partial charge in [0.25, 0.3) is 0 Å². The molecule has 36 heavy (non-hydrogen) atoms. The molecule has 0 heterocycles. The lowest BCUT2D eigenvalue weighted by atomic mass is 9.87. The highest BCUT2D eigenvalue weighted by molar-refractivity contribution is 7.86. The highest BCUT2D eigenvalue weighted by Crippen LogP contribution is 2.64. The predicted octanol–water partition coefficient (Wildman–Crippen LogP) is 6.25. The molecule has 0 radical (unpaired) electrons. The maximum absolute atomic E-state index is 13.5. The number of halogens is 20. The van der Waals surface area contributed by atoms with Crippen LogP contribution in [0.15, 0.2) is 0 Å². The van der Waals surface area contributed by atoms with Gasteiger partial charge in [-0.05, 0) is 6.42 Å². The second-order valence-corrected chi connectivity index (χ2v) is 8.08. The molecule has 218 valence electrons. The third kappa shape index (κ3) is 4.74. The van der Waals surface area contributed by atoms with Gasteiger partial charge in [0.2, 0.25) is 0 Å². The first kappa shape index (κ1) is 34.5. The summed E-state index contributed by atoms with van der Waals surface area (Å²) in [6.45, 7) is 0. The topological polar surface area (TPSA) is 57.2 Å². The molecule has 0 aromatic carbocycles. The summed E-state index contributed by atoms with van der Waals surface area (Å²) in [5.41, 5.74) is 0. The Kier molecular flexibility index (Phi) is 8.42. The van der Waals surface area contributed by atoms with Crippen LogP contribution in [0.3, 0.4) is 0 Å². The van der Waals surface area contributed by atoms with Crippen LogP contribution >= 0.6 is 0 Å². The summed E-state index contributed by atoms with van der Waals surface area (Å²) in [5, 5.41) is -8.06. The van der Waals surface area contributed by atoms with Crippen molar-refractivity contribution in [2.75, 3.05) is 0 Å². The minimum atomic E-state index is -9.08. The summed E-state index contributed by atoms with van der Waals surface area (Å²) in [5.74, 6) is -60.6. The van der Waals surface area contributed by atoms with Gasteiger partial charge in [-0.2, -0.15) is 83.4 Å². The fourth-order valence-electron chi connectivity index (χ4n) is 2.01. The first-order valence-corrected chi connectivity index (χ1v) is 9.22. The molecule has 24 heteroatoms. The average Bonchev–Trinajstić information content (AvgIpc) is 2.63. The Morgan fingerprint density at radius 3 is 1.08 bits per heavy atom. The number of alkyl halides is 20. The van der Waals surface area contributed by atoms with Gasteiger partial charge < -0.3 is 4.55 Å². The van der Waals surface area contributed by atoms with Crippen LogP contribution in [-0.4, -0.2) is 72.0 Å². The van der Waals surface area contributed by atoms with E-state index in [1.807, 2.05) is 0 Å². The molecule has 1 atom stereocenters. The van der Waals surface area contributed by atoms with Gasteiger partial charge in [0.05, 0.1) is 0 Å². The largest absolute Gasteiger partial charge is 0.743 e. The zero-order chi connectivity index (χ0) is 30.0. The van der Waals surface area contributed by atoms with Crippen molar-refractivity contribution in [1.82, 2.24) is 0 Å². The molecular formula is C12H5F20O3S-. The molecule has 0 aromatic heterocycles. The van der Waals surface area contributed by atoms with Gasteiger partial charge in [-0.1, -0.05) is 0 Å². The van der Waals surface area contributed by atoms with Crippen LogP contribution in [0, 0.1) is 0 Å². The van der Waals surface area contributed by atoms with Crippen LogP contribution in [0.4, 0.5) is 87.8 Å². The Morgan fingerprint density at radius 2 is 0.806 bits per heavy atom. The Bertz CT molecular complexity index is 903. The second-order valence-electron chi connectivity index (χ2n) is 6.66. The normalized spacial score (nSPS) is 17.4. The first-order valence-electron chi connectivity index (χ1n) is 7.81. The lowest BCUT2D eigenvalue weighted by Gasteiger charge is -2.44. The number of hydrogen-bond donors (Lipinski definition) is 0. The smallest absolute Gasteiger partial charge is 0.402 e. The number of hydrogen-bond acceptors (Lipinski definition) is 3. The predicted molar refractivity (Wildman–Crippen MR) is 69.5 cm³/mol. The second kappa shape index (κ2) is 8.78. The average molecular weight is 609 g/mol. The van der Waals surface area contributed by atoms with Gasteiger partial charge in [-0.3, -0.25) is 0 Å². The van der Waals surface area contributed by atoms with Gasteiger partial charge >= 0.3 is 52.9 Å². The van der Waals surface area contributed by atoms with E-state index < -0.39 is 82.0 Å². The lowest BCUT2D eigenvalue weighted by molar-refractivity contribution is -0.451. The van der Waals surface area contributed by atoms with Crippen LogP contribution in [-0.2, 0) is 10.1 Å². The van der Waals surface area contributed by atoms with Gasteiger partial charge in [-0.15, -0.1) is 0 Å². The van der Waals surface area contributed by atoms with Crippen molar-refractivity contribution in [2.45, 2.75) is 71.9 Å². The van der Waals surface area contributed by atoms with Crippen molar-refractivity contribution >= 4 is 10.1 Å². The highest BCUT2D eigenvalue weighted by atomic mass is 32.2. The lowest BCUT2D eigenvalue weighted by Crippen LogP contribution is -2.75. The van der Waals surface area contributed by atoms with E-state index in [4.69, 9.17) is 0 Å². The SMILES string of the molecule is O=S(=O)([O-])C(F)(F)C(F)(F)C(F)(F)C(F)(F)C(F)(F)C(F)(F)C(F)(F)C(F)(F)C(F)CCC(F)(F)F. The molecule has 0 saturated carbocycles. The Hall–Kier alpha value is -1.49. The monoisotopic (exact) mass is 609 g/mol. The fourth-order valence-corrected chi connectivity index (χ4v) is 2.45. The van der Waals surface area contributed by atoms with E-state index in [0.29, 0.717) is 0 Å². The fraction of sp³-hybridized carbons (Fsp3) is 1.00. The molecule has 0 N–H and O–H groups in total. The highest BCUT2D eigenvalue weighted by Gasteiger charge is 2.95. The Morgan fingerprint density at radius 1 is 0.528 bits per heavy atom. The van der Waals surface area contributed by atoms with E-state index in [1.165, 1.54) is 0 Å². The maximum atomic E-state index is 13.5. The number of rotatable bonds is 11. The van der Waals surface area contributed by atoms with E-state index in [0.717, 1.165) is 0 Å². The first-order chi connectivity index (χ1) is 15.1. The van der Waals surface area contributed by atoms with E-state index in [1.54, 1.807) is 0 Å². The summed E-state index contributed by atoms with van der Waals surface area (Å²) < 4.78 is 291. The van der Waals surface area contributed by atoms with E-state index in [2.05, 4.69) is 0 Å². The molecule has 0 bridgehead atoms. The van der Waals surface area contributed by atoms with Crippen LogP contribution in [0.1, 0.15) is 12.8 Å². The summed E-state index contributed by atoms with van der Waals surface area (Å²) in [4.78, 5) is 0. The molecule has 0 aliphatic heterocycles. The minimum Gasteiger partial charge on any atom is -0.743 e. The van der Waals surface area contributed by atoms with Crippen molar-refractivity contribution < 1.29 is 101 Å². The summed E-state index contributed by atoms with van der Waals surface area (Å²) in [7, 11) is -8.25. The Labute approximate surface area is 184 Å². The molecule has 0 saturated heterocycles. The molecule has 0 amide bonds. The summed E-state index contributed by atoms with van der Waals surface area (Å²) >= 11 is 0. The minimum absolute atomic E-state index is 2.87. The molecule has 0 spiro atoms. The van der Waals surface area contributed by atoms with Gasteiger partial charge in [0.1, 0.15) is 0 Å². The van der Waals surface area contributed by atoms with Crippen molar-refractivity contribution in [3.8, 4) is 0 Å². The molecule has 0 aromatic rings. The zero-order valence-electron chi connectivity index (χ0n) is 15.7. The standard InChI is InChI=1S/C12H6F20O3S/c13-3(1-2-4(14,15)16)5(17,18)6(19,20)7(21,22)8(23,24)9(25,26)10(27,28)11(29,30)12(31,32)36(33,34)35/h3H,1-2H2,(H,33,34,35)/p-1. The molecule has 1 unspecified atom stereocenters. The third-order valence-corrected chi connectivity index (χ3v) is 5.03. The molecular weight excluding hydrogens is 604 g/mol. The van der Waals surface area contributed by atoms with Crippen molar-refractivity contribution in [3.05, 3.63) is 0 Å². The van der Waals surface area contributed by atoms with E-state index >= 15 is 0 Å². The molecule has 0 aliphatic rings. The molecule has 0 fully saturated rings. The molecule has 3 nitrogen and oxygen atoms in total. The van der Waals surface area contributed by atoms with Crippen molar-refractivity contribution in [2.24, 2.45) is 0 Å².